The summed E-state index contributed by atoms with van der Waals surface area (Å²) < 4.78 is 11.3. The van der Waals surface area contributed by atoms with Crippen LogP contribution in [0.2, 0.25) is 0 Å². The van der Waals surface area contributed by atoms with E-state index in [1.54, 1.807) is 7.11 Å². The molecule has 1 aromatic carbocycles. The Hall–Kier alpha value is -1.75. The molecule has 0 spiro atoms. The van der Waals surface area contributed by atoms with Crippen LogP contribution >= 0.6 is 0 Å². The number of likely N-dealkylation sites (tertiary alicyclic amines) is 1. The van der Waals surface area contributed by atoms with Crippen molar-refractivity contribution in [3.8, 4) is 11.5 Å². The van der Waals surface area contributed by atoms with Crippen LogP contribution < -0.4 is 9.47 Å². The van der Waals surface area contributed by atoms with E-state index in [9.17, 15) is 4.79 Å². The normalized spacial score (nSPS) is 16.3. The van der Waals surface area contributed by atoms with Crippen LogP contribution in [0.4, 0.5) is 0 Å². The van der Waals surface area contributed by atoms with E-state index < -0.39 is 5.97 Å². The molecule has 1 aliphatic rings. The van der Waals surface area contributed by atoms with Gasteiger partial charge in [-0.2, -0.15) is 0 Å². The summed E-state index contributed by atoms with van der Waals surface area (Å²) in [6, 6.07) is 6.05. The van der Waals surface area contributed by atoms with Gasteiger partial charge in [-0.05, 0) is 56.0 Å². The van der Waals surface area contributed by atoms with E-state index >= 15 is 0 Å². The van der Waals surface area contributed by atoms with Crippen molar-refractivity contribution in [2.75, 3.05) is 26.8 Å². The number of ether oxygens (including phenoxy) is 2. The Morgan fingerprint density at radius 1 is 1.29 bits per heavy atom. The lowest BCUT2D eigenvalue weighted by atomic mass is 9.97. The molecule has 0 unspecified atom stereocenters. The van der Waals surface area contributed by atoms with Crippen molar-refractivity contribution >= 4 is 5.97 Å². The van der Waals surface area contributed by atoms with Gasteiger partial charge in [-0.15, -0.1) is 0 Å². The monoisotopic (exact) mass is 335 g/mol. The predicted molar refractivity (Wildman–Crippen MR) is 93.6 cm³/mol. The van der Waals surface area contributed by atoms with Gasteiger partial charge in [0.25, 0.3) is 0 Å². The number of carboxylic acid groups (broad SMARTS) is 1. The molecule has 0 aromatic heterocycles. The zero-order chi connectivity index (χ0) is 17.5. The minimum absolute atomic E-state index is 0.188. The number of benzene rings is 1. The molecule has 1 aromatic rings. The summed E-state index contributed by atoms with van der Waals surface area (Å²) in [5.41, 5.74) is 1.17. The second-order valence-electron chi connectivity index (χ2n) is 6.90. The summed E-state index contributed by atoms with van der Waals surface area (Å²) in [5.74, 6) is 1.30. The number of aliphatic carboxylic acids is 1. The van der Waals surface area contributed by atoms with Crippen LogP contribution in [0.25, 0.3) is 0 Å². The second kappa shape index (κ2) is 8.92. The first-order chi connectivity index (χ1) is 11.5. The number of carbonyl (C=O) groups is 1. The molecule has 0 amide bonds. The lowest BCUT2D eigenvalue weighted by molar-refractivity contribution is -0.143. The van der Waals surface area contributed by atoms with Gasteiger partial charge in [0.2, 0.25) is 0 Å². The molecule has 1 N–H and O–H groups in total. The first-order valence-electron chi connectivity index (χ1n) is 8.74. The standard InChI is InChI=1S/C19H29NO4/c1-14(2)8-11-24-18-12-15(4-5-17(18)23-3)13-20-9-6-16(7-10-20)19(21)22/h4-5,12,14,16H,6-11,13H2,1-3H3,(H,21,22). The molecule has 0 aliphatic carbocycles. The molecule has 0 bridgehead atoms. The molecule has 24 heavy (non-hydrogen) atoms. The van der Waals surface area contributed by atoms with Crippen molar-refractivity contribution in [1.82, 2.24) is 4.90 Å². The van der Waals surface area contributed by atoms with Crippen LogP contribution in [0, 0.1) is 11.8 Å². The van der Waals surface area contributed by atoms with Gasteiger partial charge >= 0.3 is 5.97 Å². The summed E-state index contributed by atoms with van der Waals surface area (Å²) in [6.07, 6.45) is 2.46. The van der Waals surface area contributed by atoms with Gasteiger partial charge in [-0.3, -0.25) is 9.69 Å². The Balaban J connectivity index is 1.94. The summed E-state index contributed by atoms with van der Waals surface area (Å²) in [5, 5.41) is 9.08. The van der Waals surface area contributed by atoms with E-state index in [1.165, 1.54) is 5.56 Å². The Kier molecular flexibility index (Phi) is 6.91. The Morgan fingerprint density at radius 2 is 2.00 bits per heavy atom. The van der Waals surface area contributed by atoms with E-state index in [-0.39, 0.29) is 5.92 Å². The third kappa shape index (κ3) is 5.41. The molecule has 134 valence electrons. The first-order valence-corrected chi connectivity index (χ1v) is 8.74. The molecule has 5 nitrogen and oxygen atoms in total. The number of methoxy groups -OCH3 is 1. The minimum Gasteiger partial charge on any atom is -0.493 e. The van der Waals surface area contributed by atoms with Crippen LogP contribution in [-0.4, -0.2) is 42.8 Å². The minimum atomic E-state index is -0.667. The highest BCUT2D eigenvalue weighted by atomic mass is 16.5. The molecule has 1 saturated heterocycles. The summed E-state index contributed by atoms with van der Waals surface area (Å²) in [7, 11) is 1.65. The number of carboxylic acids is 1. The van der Waals surface area contributed by atoms with Crippen molar-refractivity contribution in [2.24, 2.45) is 11.8 Å². The van der Waals surface area contributed by atoms with Crippen LogP contribution in [0.5, 0.6) is 11.5 Å². The Bertz CT molecular complexity index is 536. The summed E-state index contributed by atoms with van der Waals surface area (Å²) >= 11 is 0. The number of nitrogens with zero attached hydrogens (tertiary/aromatic N) is 1. The molecular formula is C19H29NO4. The van der Waals surface area contributed by atoms with Crippen LogP contribution in [-0.2, 0) is 11.3 Å². The number of piperidine rings is 1. The maximum absolute atomic E-state index is 11.0. The fourth-order valence-corrected chi connectivity index (χ4v) is 2.93. The van der Waals surface area contributed by atoms with Crippen molar-refractivity contribution in [3.05, 3.63) is 23.8 Å². The highest BCUT2D eigenvalue weighted by Crippen LogP contribution is 2.29. The van der Waals surface area contributed by atoms with E-state index in [2.05, 4.69) is 24.8 Å². The van der Waals surface area contributed by atoms with Crippen molar-refractivity contribution < 1.29 is 19.4 Å². The van der Waals surface area contributed by atoms with Crippen molar-refractivity contribution in [3.63, 3.8) is 0 Å². The highest BCUT2D eigenvalue weighted by Gasteiger charge is 2.24. The van der Waals surface area contributed by atoms with Crippen molar-refractivity contribution in [1.29, 1.82) is 0 Å². The van der Waals surface area contributed by atoms with Gasteiger partial charge in [0.15, 0.2) is 11.5 Å². The molecule has 1 heterocycles. The Labute approximate surface area is 144 Å². The zero-order valence-electron chi connectivity index (χ0n) is 15.0. The lowest BCUT2D eigenvalue weighted by Crippen LogP contribution is -2.35. The highest BCUT2D eigenvalue weighted by molar-refractivity contribution is 5.70. The van der Waals surface area contributed by atoms with Crippen LogP contribution in [0.15, 0.2) is 18.2 Å². The molecule has 1 fully saturated rings. The molecular weight excluding hydrogens is 306 g/mol. The van der Waals surface area contributed by atoms with Gasteiger partial charge in [0.1, 0.15) is 0 Å². The maximum Gasteiger partial charge on any atom is 0.306 e. The summed E-state index contributed by atoms with van der Waals surface area (Å²) in [4.78, 5) is 13.3. The molecule has 0 saturated carbocycles. The van der Waals surface area contributed by atoms with Crippen LogP contribution in [0.3, 0.4) is 0 Å². The quantitative estimate of drug-likeness (QED) is 0.789. The third-order valence-electron chi connectivity index (χ3n) is 4.52. The van der Waals surface area contributed by atoms with Crippen molar-refractivity contribution in [2.45, 2.75) is 39.7 Å². The van der Waals surface area contributed by atoms with Crippen LogP contribution in [0.1, 0.15) is 38.7 Å². The van der Waals surface area contributed by atoms with Gasteiger partial charge in [0.05, 0.1) is 19.6 Å². The molecule has 1 aliphatic heterocycles. The largest absolute Gasteiger partial charge is 0.493 e. The molecule has 0 atom stereocenters. The SMILES string of the molecule is COc1ccc(CN2CCC(C(=O)O)CC2)cc1OCCC(C)C. The average Bonchev–Trinajstić information content (AvgIpc) is 2.55. The average molecular weight is 335 g/mol. The number of hydrogen-bond donors (Lipinski definition) is 1. The van der Waals surface area contributed by atoms with E-state index in [1.807, 2.05) is 12.1 Å². The number of hydrogen-bond acceptors (Lipinski definition) is 4. The topological polar surface area (TPSA) is 59.0 Å². The smallest absolute Gasteiger partial charge is 0.306 e. The fraction of sp³-hybridized carbons (Fsp3) is 0.632. The third-order valence-corrected chi connectivity index (χ3v) is 4.52. The van der Waals surface area contributed by atoms with Gasteiger partial charge in [-0.25, -0.2) is 0 Å². The molecule has 5 heteroatoms. The molecule has 2 rings (SSSR count). The second-order valence-corrected chi connectivity index (χ2v) is 6.90. The predicted octanol–water partition coefficient (Wildman–Crippen LogP) is 3.42. The first kappa shape index (κ1) is 18.6. The fourth-order valence-electron chi connectivity index (χ4n) is 2.93. The molecule has 0 radical (unpaired) electrons. The Morgan fingerprint density at radius 3 is 2.58 bits per heavy atom. The van der Waals surface area contributed by atoms with Gasteiger partial charge < -0.3 is 14.6 Å². The zero-order valence-corrected chi connectivity index (χ0v) is 15.0. The lowest BCUT2D eigenvalue weighted by Gasteiger charge is -2.30. The van der Waals surface area contributed by atoms with E-state index in [4.69, 9.17) is 14.6 Å². The maximum atomic E-state index is 11.0. The number of rotatable bonds is 8. The van der Waals surface area contributed by atoms with Gasteiger partial charge in [0, 0.05) is 6.54 Å². The van der Waals surface area contributed by atoms with Gasteiger partial charge in [-0.1, -0.05) is 19.9 Å². The summed E-state index contributed by atoms with van der Waals surface area (Å²) in [6.45, 7) is 7.51. The van der Waals surface area contributed by atoms with E-state index in [0.29, 0.717) is 12.5 Å². The van der Waals surface area contributed by atoms with E-state index in [0.717, 1.165) is 50.4 Å².